The van der Waals surface area contributed by atoms with Crippen LogP contribution in [0.25, 0.3) is 0 Å². The maximum atomic E-state index is 11.1. The molecule has 0 atom stereocenters. The number of aliphatic carboxylic acids is 1. The lowest BCUT2D eigenvalue weighted by Gasteiger charge is -2.30. The number of carbonyl (C=O) groups excluding carboxylic acids is 2. The Balaban J connectivity index is 0.000000414. The third kappa shape index (κ3) is 11.3. The fraction of sp³-hybridized carbons (Fsp3) is 0.571. The molecule has 0 aromatic heterocycles. The number of rotatable bonds is 4. The molecule has 2 fully saturated rings. The highest BCUT2D eigenvalue weighted by molar-refractivity contribution is 5.84. The number of esters is 1. The predicted molar refractivity (Wildman–Crippen MR) is 107 cm³/mol. The number of likely N-dealkylation sites (tertiary alicyclic amines) is 1. The van der Waals surface area contributed by atoms with Gasteiger partial charge in [-0.3, -0.25) is 4.79 Å². The van der Waals surface area contributed by atoms with Crippen molar-refractivity contribution in [1.82, 2.24) is 4.90 Å². The van der Waals surface area contributed by atoms with E-state index in [9.17, 15) is 19.5 Å². The summed E-state index contributed by atoms with van der Waals surface area (Å²) in [6.07, 6.45) is 10.8. The second-order valence-electron chi connectivity index (χ2n) is 6.80. The van der Waals surface area contributed by atoms with Gasteiger partial charge in [0.1, 0.15) is 0 Å². The molecular weight excluding hydrogens is 362 g/mol. The van der Waals surface area contributed by atoms with Gasteiger partial charge in [0.2, 0.25) is 11.7 Å². The normalized spacial score (nSPS) is 18.1. The lowest BCUT2D eigenvalue weighted by molar-refractivity contribution is -0.215. The number of hydrogen-bond donors (Lipinski definition) is 2. The van der Waals surface area contributed by atoms with Gasteiger partial charge in [0.05, 0.1) is 0 Å². The van der Waals surface area contributed by atoms with Crippen LogP contribution in [0.5, 0.6) is 0 Å². The van der Waals surface area contributed by atoms with Crippen LogP contribution in [0.15, 0.2) is 37.6 Å². The molecule has 2 aliphatic rings. The van der Waals surface area contributed by atoms with Crippen LogP contribution in [0.1, 0.15) is 64.7 Å². The van der Waals surface area contributed by atoms with Crippen molar-refractivity contribution in [2.75, 3.05) is 6.54 Å². The maximum Gasteiger partial charge on any atom is 0.332 e. The van der Waals surface area contributed by atoms with E-state index in [0.717, 1.165) is 44.7 Å². The summed E-state index contributed by atoms with van der Waals surface area (Å²) < 4.78 is 4.83. The van der Waals surface area contributed by atoms with Crippen molar-refractivity contribution in [3.8, 4) is 0 Å². The first kappa shape index (κ1) is 25.6. The van der Waals surface area contributed by atoms with Crippen molar-refractivity contribution in [2.24, 2.45) is 0 Å². The largest absolute Gasteiger partial charge is 0.478 e. The smallest absolute Gasteiger partial charge is 0.332 e. The molecule has 7 nitrogen and oxygen atoms in total. The van der Waals surface area contributed by atoms with E-state index in [2.05, 4.69) is 19.7 Å². The van der Waals surface area contributed by atoms with Crippen LogP contribution in [-0.4, -0.2) is 45.3 Å². The zero-order valence-corrected chi connectivity index (χ0v) is 16.8. The second kappa shape index (κ2) is 13.7. The fourth-order valence-electron chi connectivity index (χ4n) is 2.63. The number of aliphatic hydroxyl groups is 1. The molecule has 0 unspecified atom stereocenters. The molecule has 1 heterocycles. The van der Waals surface area contributed by atoms with E-state index in [-0.39, 0.29) is 11.5 Å². The van der Waals surface area contributed by atoms with Crippen LogP contribution < -0.4 is 0 Å². The highest BCUT2D eigenvalue weighted by Gasteiger charge is 2.32. The minimum absolute atomic E-state index is 0.176. The van der Waals surface area contributed by atoms with Crippen LogP contribution in [0.4, 0.5) is 0 Å². The summed E-state index contributed by atoms with van der Waals surface area (Å²) in [5.74, 6) is -2.47. The molecule has 2 N–H and O–H groups in total. The number of carboxylic acids is 1. The Hall–Kier alpha value is -2.41. The molecule has 158 valence electrons. The third-order valence-electron chi connectivity index (χ3n) is 4.29. The van der Waals surface area contributed by atoms with E-state index in [4.69, 9.17) is 9.84 Å². The Labute approximate surface area is 167 Å². The van der Waals surface area contributed by atoms with E-state index < -0.39 is 17.7 Å². The Bertz CT molecular complexity index is 551. The zero-order valence-electron chi connectivity index (χ0n) is 16.8. The van der Waals surface area contributed by atoms with Crippen molar-refractivity contribution in [1.29, 1.82) is 0 Å². The fourth-order valence-corrected chi connectivity index (χ4v) is 2.63. The number of carbonyl (C=O) groups is 3. The van der Waals surface area contributed by atoms with E-state index in [1.54, 1.807) is 11.1 Å². The first-order chi connectivity index (χ1) is 13.1. The summed E-state index contributed by atoms with van der Waals surface area (Å²) in [6.45, 7) is 12.3. The van der Waals surface area contributed by atoms with Crippen molar-refractivity contribution in [2.45, 2.75) is 70.5 Å². The molecule has 2 rings (SSSR count). The lowest BCUT2D eigenvalue weighted by atomic mass is 9.94. The Morgan fingerprint density at radius 2 is 1.64 bits per heavy atom. The molecule has 1 saturated carbocycles. The molecule has 1 aliphatic heterocycles. The molecule has 0 aromatic rings. The number of amides is 1. The van der Waals surface area contributed by atoms with E-state index in [1.807, 2.05) is 0 Å². The summed E-state index contributed by atoms with van der Waals surface area (Å²) in [6, 6.07) is 0. The molecule has 0 bridgehead atoms. The van der Waals surface area contributed by atoms with Crippen LogP contribution in [0.3, 0.4) is 0 Å². The first-order valence-electron chi connectivity index (χ1n) is 9.54. The van der Waals surface area contributed by atoms with Gasteiger partial charge >= 0.3 is 11.9 Å². The van der Waals surface area contributed by atoms with Gasteiger partial charge in [-0.25, -0.2) is 9.59 Å². The van der Waals surface area contributed by atoms with Gasteiger partial charge in [-0.05, 0) is 38.8 Å². The van der Waals surface area contributed by atoms with Crippen LogP contribution >= 0.6 is 0 Å². The second-order valence-corrected chi connectivity index (χ2v) is 6.80. The van der Waals surface area contributed by atoms with Crippen LogP contribution in [0, 0.1) is 0 Å². The standard InChI is InChI=1S/C9H14O3.C8H13NO.C4H6O2/c1-2-8(10)12-9(11)6-4-3-5-7-9;1-2-9-7-5-3-4-6-8(9)10;1-3(2)4(5)6/h2,11H,1,3-7H2;2H,1,3-7H2;1H2,2H3,(H,5,6). The molecule has 1 aliphatic carbocycles. The zero-order chi connectivity index (χ0) is 21.6. The number of nitrogens with zero attached hydrogens (tertiary/aromatic N) is 1. The number of hydrogen-bond acceptors (Lipinski definition) is 5. The van der Waals surface area contributed by atoms with Gasteiger partial charge in [0.15, 0.2) is 0 Å². The van der Waals surface area contributed by atoms with Gasteiger partial charge in [0.25, 0.3) is 0 Å². The average Bonchev–Trinajstić information content (AvgIpc) is 2.86. The topological polar surface area (TPSA) is 104 Å². The third-order valence-corrected chi connectivity index (χ3v) is 4.29. The Morgan fingerprint density at radius 1 is 1.11 bits per heavy atom. The first-order valence-corrected chi connectivity index (χ1v) is 9.54. The Morgan fingerprint density at radius 3 is 2.11 bits per heavy atom. The number of carboxylic acid groups (broad SMARTS) is 1. The van der Waals surface area contributed by atoms with E-state index >= 15 is 0 Å². The van der Waals surface area contributed by atoms with Crippen molar-refractivity contribution < 1.29 is 29.3 Å². The minimum Gasteiger partial charge on any atom is -0.478 e. The van der Waals surface area contributed by atoms with Gasteiger partial charge in [-0.15, -0.1) is 0 Å². The molecule has 0 spiro atoms. The summed E-state index contributed by atoms with van der Waals surface area (Å²) in [5, 5.41) is 17.6. The quantitative estimate of drug-likeness (QED) is 0.429. The van der Waals surface area contributed by atoms with Gasteiger partial charge < -0.3 is 19.8 Å². The Kier molecular flexibility index (Phi) is 12.5. The molecule has 0 radical (unpaired) electrons. The highest BCUT2D eigenvalue weighted by Crippen LogP contribution is 2.29. The summed E-state index contributed by atoms with van der Waals surface area (Å²) in [4.78, 5) is 33.2. The van der Waals surface area contributed by atoms with Crippen molar-refractivity contribution in [3.05, 3.63) is 37.6 Å². The SMILES string of the molecule is C=C(C)C(=O)O.C=CC(=O)OC1(O)CCCCC1.C=CN1CCCCCC1=O. The predicted octanol–water partition coefficient (Wildman–Crippen LogP) is 3.55. The molecule has 28 heavy (non-hydrogen) atoms. The minimum atomic E-state index is -1.22. The van der Waals surface area contributed by atoms with E-state index in [0.29, 0.717) is 19.3 Å². The summed E-state index contributed by atoms with van der Waals surface area (Å²) in [5.41, 5.74) is 0.176. The average molecular weight is 395 g/mol. The molecule has 1 saturated heterocycles. The molecule has 7 heteroatoms. The highest BCUT2D eigenvalue weighted by atomic mass is 16.7. The van der Waals surface area contributed by atoms with Crippen LogP contribution in [-0.2, 0) is 19.1 Å². The van der Waals surface area contributed by atoms with Gasteiger partial charge in [-0.1, -0.05) is 32.6 Å². The molecule has 1 amide bonds. The molecular formula is C21H33NO6. The lowest BCUT2D eigenvalue weighted by Crippen LogP contribution is -2.36. The van der Waals surface area contributed by atoms with Crippen molar-refractivity contribution in [3.63, 3.8) is 0 Å². The maximum absolute atomic E-state index is 11.1. The summed E-state index contributed by atoms with van der Waals surface area (Å²) >= 11 is 0. The number of ether oxygens (including phenoxy) is 1. The summed E-state index contributed by atoms with van der Waals surface area (Å²) in [7, 11) is 0. The molecule has 0 aromatic carbocycles. The van der Waals surface area contributed by atoms with Gasteiger partial charge in [0, 0.05) is 37.5 Å². The monoisotopic (exact) mass is 395 g/mol. The van der Waals surface area contributed by atoms with E-state index in [1.165, 1.54) is 13.3 Å². The van der Waals surface area contributed by atoms with Gasteiger partial charge in [-0.2, -0.15) is 0 Å². The van der Waals surface area contributed by atoms with Crippen LogP contribution in [0.2, 0.25) is 0 Å². The van der Waals surface area contributed by atoms with Crippen molar-refractivity contribution >= 4 is 17.8 Å².